The van der Waals surface area contributed by atoms with Crippen molar-refractivity contribution in [2.24, 2.45) is 5.92 Å². The van der Waals surface area contributed by atoms with E-state index in [1.807, 2.05) is 45.0 Å². The number of hydrogen-bond donors (Lipinski definition) is 3. The smallest absolute Gasteiger partial charge is 0.407 e. The fraction of sp³-hybridized carbons (Fsp3) is 0.579. The molecule has 138 valence electrons. The van der Waals surface area contributed by atoms with Gasteiger partial charge in [-0.15, -0.1) is 0 Å². The van der Waals surface area contributed by atoms with Gasteiger partial charge in [0.15, 0.2) is 0 Å². The average Bonchev–Trinajstić information content (AvgIpc) is 2.52. The van der Waals surface area contributed by atoms with Crippen LogP contribution in [0.15, 0.2) is 24.3 Å². The topological polar surface area (TPSA) is 87.7 Å². The van der Waals surface area contributed by atoms with Gasteiger partial charge in [0.1, 0.15) is 5.60 Å². The van der Waals surface area contributed by atoms with Gasteiger partial charge in [-0.25, -0.2) is 4.79 Å². The van der Waals surface area contributed by atoms with Crippen molar-refractivity contribution in [2.75, 3.05) is 5.32 Å². The van der Waals surface area contributed by atoms with Gasteiger partial charge in [0.2, 0.25) is 0 Å². The van der Waals surface area contributed by atoms with Crippen LogP contribution in [0.25, 0.3) is 0 Å². The van der Waals surface area contributed by atoms with Crippen LogP contribution >= 0.6 is 0 Å². The number of carboxylic acid groups (broad SMARTS) is 1. The molecule has 0 spiro atoms. The zero-order valence-electron chi connectivity index (χ0n) is 15.2. The number of amides is 1. The summed E-state index contributed by atoms with van der Waals surface area (Å²) in [6.07, 6.45) is 2.71. The maximum absolute atomic E-state index is 11.7. The van der Waals surface area contributed by atoms with Gasteiger partial charge in [-0.05, 0) is 64.2 Å². The lowest BCUT2D eigenvalue weighted by Gasteiger charge is -2.27. The number of benzene rings is 1. The summed E-state index contributed by atoms with van der Waals surface area (Å²) < 4.78 is 5.23. The molecule has 0 saturated heterocycles. The van der Waals surface area contributed by atoms with Gasteiger partial charge in [-0.3, -0.25) is 4.79 Å². The second-order valence-electron chi connectivity index (χ2n) is 7.59. The lowest BCUT2D eigenvalue weighted by atomic mass is 9.86. The predicted molar refractivity (Wildman–Crippen MR) is 96.5 cm³/mol. The quantitative estimate of drug-likeness (QED) is 0.754. The molecule has 1 amide bonds. The van der Waals surface area contributed by atoms with Gasteiger partial charge in [0.05, 0.1) is 5.92 Å². The first-order chi connectivity index (χ1) is 11.7. The lowest BCUT2D eigenvalue weighted by molar-refractivity contribution is -0.142. The number of ether oxygens (including phenoxy) is 1. The molecule has 1 saturated carbocycles. The van der Waals surface area contributed by atoms with Crippen LogP contribution < -0.4 is 10.6 Å². The third-order valence-corrected chi connectivity index (χ3v) is 4.21. The Morgan fingerprint density at radius 1 is 1.20 bits per heavy atom. The van der Waals surface area contributed by atoms with Gasteiger partial charge < -0.3 is 20.5 Å². The van der Waals surface area contributed by atoms with E-state index in [1.54, 1.807) is 0 Å². The normalized spacial score (nSPS) is 20.6. The molecule has 1 fully saturated rings. The Balaban J connectivity index is 1.83. The lowest BCUT2D eigenvalue weighted by Crippen LogP contribution is -2.32. The molecule has 25 heavy (non-hydrogen) atoms. The van der Waals surface area contributed by atoms with Crippen LogP contribution in [0.4, 0.5) is 10.5 Å². The zero-order chi connectivity index (χ0) is 18.4. The van der Waals surface area contributed by atoms with Gasteiger partial charge >= 0.3 is 12.1 Å². The predicted octanol–water partition coefficient (Wildman–Crippen LogP) is 3.77. The standard InChI is InChI=1S/C19H28N2O4/c1-19(2,3)25-18(24)20-12-13-5-4-6-16(11-13)21-15-9-7-14(8-10-15)17(22)23/h4-6,11,14-15,21H,7-10,12H2,1-3H3,(H,20,24)(H,22,23). The first kappa shape index (κ1) is 19.1. The summed E-state index contributed by atoms with van der Waals surface area (Å²) in [5, 5.41) is 15.3. The molecule has 0 bridgehead atoms. The molecule has 1 aromatic rings. The molecule has 0 heterocycles. The number of hydrogen-bond acceptors (Lipinski definition) is 4. The first-order valence-electron chi connectivity index (χ1n) is 8.78. The molecular weight excluding hydrogens is 320 g/mol. The molecule has 1 aliphatic carbocycles. The Hall–Kier alpha value is -2.24. The Morgan fingerprint density at radius 3 is 2.48 bits per heavy atom. The minimum absolute atomic E-state index is 0.206. The van der Waals surface area contributed by atoms with Crippen LogP contribution in [0.3, 0.4) is 0 Å². The first-order valence-corrected chi connectivity index (χ1v) is 8.78. The van der Waals surface area contributed by atoms with E-state index in [4.69, 9.17) is 9.84 Å². The fourth-order valence-corrected chi connectivity index (χ4v) is 2.98. The van der Waals surface area contributed by atoms with E-state index in [0.29, 0.717) is 25.4 Å². The average molecular weight is 348 g/mol. The van der Waals surface area contributed by atoms with Crippen LogP contribution in [0, 0.1) is 5.92 Å². The summed E-state index contributed by atoms with van der Waals surface area (Å²) >= 11 is 0. The van der Waals surface area contributed by atoms with E-state index in [2.05, 4.69) is 10.6 Å². The number of aliphatic carboxylic acids is 1. The molecule has 0 aromatic heterocycles. The Morgan fingerprint density at radius 2 is 1.88 bits per heavy atom. The van der Waals surface area contributed by atoms with Gasteiger partial charge in [-0.2, -0.15) is 0 Å². The van der Waals surface area contributed by atoms with Crippen LogP contribution in [-0.2, 0) is 16.1 Å². The SMILES string of the molecule is CC(C)(C)OC(=O)NCc1cccc(NC2CCC(C(=O)O)CC2)c1. The highest BCUT2D eigenvalue weighted by Crippen LogP contribution is 2.27. The van der Waals surface area contributed by atoms with E-state index in [9.17, 15) is 9.59 Å². The van der Waals surface area contributed by atoms with Crippen LogP contribution in [0.2, 0.25) is 0 Å². The van der Waals surface area contributed by atoms with Crippen molar-refractivity contribution in [3.63, 3.8) is 0 Å². The van der Waals surface area contributed by atoms with Crippen molar-refractivity contribution in [3.05, 3.63) is 29.8 Å². The van der Waals surface area contributed by atoms with E-state index in [1.165, 1.54) is 0 Å². The number of alkyl carbamates (subject to hydrolysis) is 1. The third-order valence-electron chi connectivity index (χ3n) is 4.21. The second kappa shape index (κ2) is 8.23. The van der Waals surface area contributed by atoms with Crippen molar-refractivity contribution in [1.82, 2.24) is 5.32 Å². The minimum atomic E-state index is -0.686. The third kappa shape index (κ3) is 6.64. The number of rotatable bonds is 5. The molecule has 1 aliphatic rings. The Bertz CT molecular complexity index is 602. The van der Waals surface area contributed by atoms with Crippen molar-refractivity contribution in [1.29, 1.82) is 0 Å². The largest absolute Gasteiger partial charge is 0.481 e. The van der Waals surface area contributed by atoms with Crippen LogP contribution in [0.1, 0.15) is 52.0 Å². The molecule has 1 aromatic carbocycles. The summed E-state index contributed by atoms with van der Waals surface area (Å²) in [5.74, 6) is -0.893. The Labute approximate surface area is 149 Å². The molecule has 6 heteroatoms. The number of nitrogens with one attached hydrogen (secondary N) is 2. The molecule has 3 N–H and O–H groups in total. The number of anilines is 1. The monoisotopic (exact) mass is 348 g/mol. The maximum Gasteiger partial charge on any atom is 0.407 e. The Kier molecular flexibility index (Phi) is 6.28. The number of carbonyl (C=O) groups is 2. The number of carbonyl (C=O) groups excluding carboxylic acids is 1. The van der Waals surface area contributed by atoms with Gasteiger partial charge in [0.25, 0.3) is 0 Å². The highest BCUT2D eigenvalue weighted by molar-refractivity contribution is 5.70. The summed E-state index contributed by atoms with van der Waals surface area (Å²) in [5.41, 5.74) is 1.46. The van der Waals surface area contributed by atoms with E-state index < -0.39 is 17.7 Å². The van der Waals surface area contributed by atoms with Gasteiger partial charge in [-0.1, -0.05) is 12.1 Å². The molecular formula is C19H28N2O4. The summed E-state index contributed by atoms with van der Waals surface area (Å²) in [6, 6.07) is 8.17. The van der Waals surface area contributed by atoms with Crippen molar-refractivity contribution in [2.45, 2.75) is 64.6 Å². The molecule has 6 nitrogen and oxygen atoms in total. The van der Waals surface area contributed by atoms with E-state index in [-0.39, 0.29) is 5.92 Å². The van der Waals surface area contributed by atoms with Crippen LogP contribution in [-0.4, -0.2) is 28.8 Å². The summed E-state index contributed by atoms with van der Waals surface area (Å²) in [7, 11) is 0. The minimum Gasteiger partial charge on any atom is -0.481 e. The molecule has 2 rings (SSSR count). The van der Waals surface area contributed by atoms with E-state index >= 15 is 0 Å². The molecule has 0 unspecified atom stereocenters. The highest BCUT2D eigenvalue weighted by Gasteiger charge is 2.25. The van der Waals surface area contributed by atoms with Crippen molar-refractivity contribution >= 4 is 17.7 Å². The summed E-state index contributed by atoms with van der Waals surface area (Å²) in [4.78, 5) is 22.7. The summed E-state index contributed by atoms with van der Waals surface area (Å²) in [6.45, 7) is 5.89. The fourth-order valence-electron chi connectivity index (χ4n) is 2.98. The van der Waals surface area contributed by atoms with Crippen molar-refractivity contribution in [3.8, 4) is 0 Å². The zero-order valence-corrected chi connectivity index (χ0v) is 15.2. The molecule has 0 radical (unpaired) electrons. The van der Waals surface area contributed by atoms with Crippen LogP contribution in [0.5, 0.6) is 0 Å². The molecule has 0 aliphatic heterocycles. The van der Waals surface area contributed by atoms with E-state index in [0.717, 1.165) is 24.1 Å². The molecule has 0 atom stereocenters. The van der Waals surface area contributed by atoms with Gasteiger partial charge in [0, 0.05) is 18.3 Å². The number of carboxylic acids is 1. The highest BCUT2D eigenvalue weighted by atomic mass is 16.6. The second-order valence-corrected chi connectivity index (χ2v) is 7.59. The van der Waals surface area contributed by atoms with Crippen molar-refractivity contribution < 1.29 is 19.4 Å². The maximum atomic E-state index is 11.7.